The van der Waals surface area contributed by atoms with Gasteiger partial charge in [0.15, 0.2) is 0 Å². The van der Waals surface area contributed by atoms with E-state index in [9.17, 15) is 4.39 Å². The molecule has 4 heteroatoms. The molecular weight excluding hydrogens is 260 g/mol. The number of hydrogen-bond donors (Lipinski definition) is 1. The van der Waals surface area contributed by atoms with Crippen molar-refractivity contribution in [3.63, 3.8) is 0 Å². The number of hydrogen-bond acceptors (Lipinski definition) is 1. The van der Waals surface area contributed by atoms with Crippen LogP contribution in [-0.4, -0.2) is 0 Å². The summed E-state index contributed by atoms with van der Waals surface area (Å²) in [6.07, 6.45) is 0. The highest BCUT2D eigenvalue weighted by atomic mass is 35.5. The minimum atomic E-state index is -0.273. The molecule has 2 rings (SSSR count). The van der Waals surface area contributed by atoms with Gasteiger partial charge in [-0.3, -0.25) is 0 Å². The molecule has 0 radical (unpaired) electrons. The molecule has 0 fully saturated rings. The third kappa shape index (κ3) is 3.19. The minimum absolute atomic E-state index is 0. The zero-order valence-corrected chi connectivity index (χ0v) is 10.6. The minimum Gasteiger partial charge on any atom is -0.326 e. The zero-order valence-electron chi connectivity index (χ0n) is 8.99. The van der Waals surface area contributed by atoms with Crippen LogP contribution in [0.4, 0.5) is 4.39 Å². The van der Waals surface area contributed by atoms with Crippen LogP contribution in [-0.2, 0) is 6.54 Å². The zero-order chi connectivity index (χ0) is 11.5. The molecule has 0 aliphatic heterocycles. The van der Waals surface area contributed by atoms with Crippen LogP contribution < -0.4 is 5.73 Å². The van der Waals surface area contributed by atoms with Crippen LogP contribution >= 0.6 is 24.0 Å². The molecule has 0 heterocycles. The Morgan fingerprint density at radius 2 is 1.71 bits per heavy atom. The molecule has 0 spiro atoms. The molecule has 0 amide bonds. The van der Waals surface area contributed by atoms with Crippen LogP contribution in [0.5, 0.6) is 0 Å². The smallest absolute Gasteiger partial charge is 0.131 e. The molecule has 0 unspecified atom stereocenters. The first-order chi connectivity index (χ1) is 7.70. The summed E-state index contributed by atoms with van der Waals surface area (Å²) in [5, 5.41) is 0.527. The Morgan fingerprint density at radius 3 is 2.29 bits per heavy atom. The van der Waals surface area contributed by atoms with Crippen molar-refractivity contribution >= 4 is 24.0 Å². The second-order valence-corrected chi connectivity index (χ2v) is 3.96. The van der Waals surface area contributed by atoms with Gasteiger partial charge >= 0.3 is 0 Å². The molecule has 90 valence electrons. The maximum Gasteiger partial charge on any atom is 0.131 e. The molecule has 0 aliphatic carbocycles. The van der Waals surface area contributed by atoms with Crippen LogP contribution in [0.1, 0.15) is 5.56 Å². The first kappa shape index (κ1) is 14.0. The van der Waals surface area contributed by atoms with Crippen molar-refractivity contribution in [1.82, 2.24) is 0 Å². The first-order valence-electron chi connectivity index (χ1n) is 4.95. The lowest BCUT2D eigenvalue weighted by atomic mass is 10.0. The summed E-state index contributed by atoms with van der Waals surface area (Å²) >= 11 is 5.84. The average molecular weight is 272 g/mol. The topological polar surface area (TPSA) is 26.0 Å². The van der Waals surface area contributed by atoms with Crippen LogP contribution in [0.25, 0.3) is 11.1 Å². The van der Waals surface area contributed by atoms with Crippen LogP contribution in [0.15, 0.2) is 42.5 Å². The first-order valence-corrected chi connectivity index (χ1v) is 5.33. The van der Waals surface area contributed by atoms with Gasteiger partial charge in [0.05, 0.1) is 0 Å². The number of rotatable bonds is 2. The summed E-state index contributed by atoms with van der Waals surface area (Å²) in [6.45, 7) is 0.484. The molecule has 1 nitrogen and oxygen atoms in total. The second-order valence-electron chi connectivity index (χ2n) is 3.53. The summed E-state index contributed by atoms with van der Waals surface area (Å²) in [5.41, 5.74) is 7.83. The molecule has 0 atom stereocenters. The molecule has 2 N–H and O–H groups in total. The van der Waals surface area contributed by atoms with E-state index in [1.165, 1.54) is 12.1 Å². The van der Waals surface area contributed by atoms with Gasteiger partial charge in [-0.1, -0.05) is 35.9 Å². The van der Waals surface area contributed by atoms with Crippen molar-refractivity contribution in [3.05, 3.63) is 58.9 Å². The predicted molar refractivity (Wildman–Crippen MR) is 72.0 cm³/mol. The van der Waals surface area contributed by atoms with Crippen molar-refractivity contribution in [2.24, 2.45) is 5.73 Å². The SMILES string of the molecule is Cl.NCc1ccc(-c2cc(Cl)ccc2F)cc1. The quantitative estimate of drug-likeness (QED) is 0.877. The van der Waals surface area contributed by atoms with Gasteiger partial charge in [0.2, 0.25) is 0 Å². The lowest BCUT2D eigenvalue weighted by molar-refractivity contribution is 0.631. The third-order valence-electron chi connectivity index (χ3n) is 2.43. The van der Waals surface area contributed by atoms with Gasteiger partial charge < -0.3 is 5.73 Å². The largest absolute Gasteiger partial charge is 0.326 e. The number of nitrogens with two attached hydrogens (primary N) is 1. The van der Waals surface area contributed by atoms with Crippen molar-refractivity contribution in [3.8, 4) is 11.1 Å². The fourth-order valence-corrected chi connectivity index (χ4v) is 1.71. The van der Waals surface area contributed by atoms with E-state index in [2.05, 4.69) is 0 Å². The number of benzene rings is 2. The second kappa shape index (κ2) is 6.01. The summed E-state index contributed by atoms with van der Waals surface area (Å²) in [5.74, 6) is -0.273. The van der Waals surface area contributed by atoms with Gasteiger partial charge in [0, 0.05) is 17.1 Å². The Morgan fingerprint density at radius 1 is 1.06 bits per heavy atom. The molecule has 0 saturated heterocycles. The predicted octanol–water partition coefficient (Wildman–Crippen LogP) is 4.03. The van der Waals surface area contributed by atoms with E-state index in [0.29, 0.717) is 17.1 Å². The lowest BCUT2D eigenvalue weighted by Crippen LogP contribution is -1.95. The Balaban J connectivity index is 0.00000144. The summed E-state index contributed by atoms with van der Waals surface area (Å²) in [7, 11) is 0. The van der Waals surface area contributed by atoms with Crippen LogP contribution in [0, 0.1) is 5.82 Å². The van der Waals surface area contributed by atoms with Gasteiger partial charge in [0.25, 0.3) is 0 Å². The van der Waals surface area contributed by atoms with Crippen LogP contribution in [0.2, 0.25) is 5.02 Å². The van der Waals surface area contributed by atoms with E-state index in [0.717, 1.165) is 11.1 Å². The monoisotopic (exact) mass is 271 g/mol. The van der Waals surface area contributed by atoms with Gasteiger partial charge in [-0.25, -0.2) is 4.39 Å². The molecular formula is C13H12Cl2FN. The highest BCUT2D eigenvalue weighted by molar-refractivity contribution is 6.30. The van der Waals surface area contributed by atoms with Crippen molar-refractivity contribution in [1.29, 1.82) is 0 Å². The van der Waals surface area contributed by atoms with Gasteiger partial charge in [-0.2, -0.15) is 0 Å². The van der Waals surface area contributed by atoms with Crippen molar-refractivity contribution < 1.29 is 4.39 Å². The molecule has 0 aromatic heterocycles. The van der Waals surface area contributed by atoms with Gasteiger partial charge in [-0.05, 0) is 29.3 Å². The van der Waals surface area contributed by atoms with Crippen molar-refractivity contribution in [2.75, 3.05) is 0 Å². The Hall–Kier alpha value is -1.09. The van der Waals surface area contributed by atoms with Gasteiger partial charge in [-0.15, -0.1) is 12.4 Å². The van der Waals surface area contributed by atoms with E-state index in [-0.39, 0.29) is 18.2 Å². The molecule has 0 saturated carbocycles. The normalized spacial score (nSPS) is 9.82. The maximum atomic E-state index is 13.6. The third-order valence-corrected chi connectivity index (χ3v) is 2.66. The average Bonchev–Trinajstić information content (AvgIpc) is 2.32. The van der Waals surface area contributed by atoms with E-state index in [1.807, 2.05) is 24.3 Å². The van der Waals surface area contributed by atoms with E-state index < -0.39 is 0 Å². The molecule has 2 aromatic carbocycles. The van der Waals surface area contributed by atoms with Crippen molar-refractivity contribution in [2.45, 2.75) is 6.54 Å². The van der Waals surface area contributed by atoms with E-state index in [4.69, 9.17) is 17.3 Å². The fourth-order valence-electron chi connectivity index (χ4n) is 1.54. The van der Waals surface area contributed by atoms with Crippen LogP contribution in [0.3, 0.4) is 0 Å². The summed E-state index contributed by atoms with van der Waals surface area (Å²) < 4.78 is 13.6. The summed E-state index contributed by atoms with van der Waals surface area (Å²) in [4.78, 5) is 0. The molecule has 0 bridgehead atoms. The fraction of sp³-hybridized carbons (Fsp3) is 0.0769. The Kier molecular flexibility index (Phi) is 4.94. The highest BCUT2D eigenvalue weighted by Crippen LogP contribution is 2.26. The highest BCUT2D eigenvalue weighted by Gasteiger charge is 2.05. The standard InChI is InChI=1S/C13H11ClFN.ClH/c14-11-5-6-13(15)12(7-11)10-3-1-9(8-16)2-4-10;/h1-7H,8,16H2;1H. The Labute approximate surface area is 111 Å². The number of halogens is 3. The molecule has 2 aromatic rings. The lowest BCUT2D eigenvalue weighted by Gasteiger charge is -2.05. The summed E-state index contributed by atoms with van der Waals surface area (Å²) in [6, 6.07) is 12.0. The maximum absolute atomic E-state index is 13.6. The Bertz CT molecular complexity index is 497. The molecule has 17 heavy (non-hydrogen) atoms. The molecule has 0 aliphatic rings. The van der Waals surface area contributed by atoms with E-state index >= 15 is 0 Å². The van der Waals surface area contributed by atoms with E-state index in [1.54, 1.807) is 6.07 Å². The van der Waals surface area contributed by atoms with Gasteiger partial charge in [0.1, 0.15) is 5.82 Å².